The van der Waals surface area contributed by atoms with Crippen molar-refractivity contribution in [2.45, 2.75) is 19.5 Å². The van der Waals surface area contributed by atoms with E-state index in [-0.39, 0.29) is 12.2 Å². The molecule has 3 aromatic rings. The number of aryl methyl sites for hydroxylation is 1. The number of nitrogens with zero attached hydrogens (tertiary/aromatic N) is 5. The number of rotatable bonds is 3. The zero-order chi connectivity index (χ0) is 23.6. The molecule has 1 aromatic heterocycles. The zero-order valence-corrected chi connectivity index (χ0v) is 18.0. The number of aromatic nitrogens is 2. The zero-order valence-electron chi connectivity index (χ0n) is 18.0. The molecule has 6 nitrogen and oxygen atoms in total. The molecule has 0 radical (unpaired) electrons. The summed E-state index contributed by atoms with van der Waals surface area (Å²) in [5.41, 5.74) is 0.861. The van der Waals surface area contributed by atoms with Crippen LogP contribution in [0.4, 0.5) is 18.9 Å². The van der Waals surface area contributed by atoms with E-state index in [9.17, 15) is 18.0 Å². The lowest BCUT2D eigenvalue weighted by Crippen LogP contribution is -2.36. The molecule has 1 aliphatic heterocycles. The number of alkyl halides is 3. The molecule has 4 rings (SSSR count). The van der Waals surface area contributed by atoms with Gasteiger partial charge in [0.2, 0.25) is 0 Å². The van der Waals surface area contributed by atoms with Crippen LogP contribution < -0.4 is 4.90 Å². The van der Waals surface area contributed by atoms with Crippen LogP contribution in [0.1, 0.15) is 33.6 Å². The predicted octanol–water partition coefficient (Wildman–Crippen LogP) is 4.42. The van der Waals surface area contributed by atoms with Gasteiger partial charge in [-0.2, -0.15) is 23.5 Å². The third kappa shape index (κ3) is 4.55. The topological polar surface area (TPSA) is 65.2 Å². The Morgan fingerprint density at radius 3 is 2.42 bits per heavy atom. The Balaban J connectivity index is 1.59. The van der Waals surface area contributed by atoms with E-state index < -0.39 is 23.3 Å². The summed E-state index contributed by atoms with van der Waals surface area (Å²) in [6.45, 7) is 3.46. The van der Waals surface area contributed by atoms with Crippen LogP contribution in [-0.2, 0) is 6.18 Å². The number of para-hydroxylation sites is 1. The number of amides is 1. The number of halogens is 3. The molecule has 1 amide bonds. The van der Waals surface area contributed by atoms with Crippen molar-refractivity contribution in [3.63, 3.8) is 0 Å². The molecule has 170 valence electrons. The van der Waals surface area contributed by atoms with Crippen molar-refractivity contribution < 1.29 is 18.0 Å². The molecule has 0 saturated carbocycles. The summed E-state index contributed by atoms with van der Waals surface area (Å²) < 4.78 is 43.0. The fraction of sp³-hybridized carbons (Fsp3) is 0.292. The van der Waals surface area contributed by atoms with Gasteiger partial charge in [0, 0.05) is 31.9 Å². The fourth-order valence-corrected chi connectivity index (χ4v) is 4.06. The number of nitriles is 1. The molecule has 2 aromatic carbocycles. The molecular formula is C24H22F3N5O. The van der Waals surface area contributed by atoms with E-state index in [1.165, 1.54) is 4.90 Å². The highest BCUT2D eigenvalue weighted by Gasteiger charge is 2.41. The largest absolute Gasteiger partial charge is 0.434 e. The Morgan fingerprint density at radius 2 is 1.76 bits per heavy atom. The summed E-state index contributed by atoms with van der Waals surface area (Å²) in [4.78, 5) is 16.7. The van der Waals surface area contributed by atoms with Gasteiger partial charge in [0.1, 0.15) is 0 Å². The van der Waals surface area contributed by atoms with Crippen LogP contribution in [0.15, 0.2) is 54.7 Å². The minimum absolute atomic E-state index is 0.283. The van der Waals surface area contributed by atoms with E-state index in [0.717, 1.165) is 16.6 Å². The van der Waals surface area contributed by atoms with Gasteiger partial charge in [-0.3, -0.25) is 4.79 Å². The van der Waals surface area contributed by atoms with Crippen LogP contribution >= 0.6 is 0 Å². The van der Waals surface area contributed by atoms with Crippen LogP contribution in [-0.4, -0.2) is 46.8 Å². The minimum atomic E-state index is -4.75. The Bertz CT molecular complexity index is 1190. The maximum Gasteiger partial charge on any atom is 0.434 e. The second-order valence-corrected chi connectivity index (χ2v) is 7.89. The summed E-state index contributed by atoms with van der Waals surface area (Å²) in [6.07, 6.45) is -3.12. The molecule has 2 heterocycles. The summed E-state index contributed by atoms with van der Waals surface area (Å²) in [5.74, 6) is -0.677. The molecule has 0 spiro atoms. The fourth-order valence-electron chi connectivity index (χ4n) is 4.06. The number of anilines is 1. The normalized spacial score (nSPS) is 14.6. The number of hydrogen-bond donors (Lipinski definition) is 0. The number of benzene rings is 2. The summed E-state index contributed by atoms with van der Waals surface area (Å²) in [6, 6.07) is 15.8. The van der Waals surface area contributed by atoms with Crippen LogP contribution in [0.25, 0.3) is 5.69 Å². The number of hydrogen-bond acceptors (Lipinski definition) is 4. The first-order valence-corrected chi connectivity index (χ1v) is 10.5. The Morgan fingerprint density at radius 1 is 1.03 bits per heavy atom. The van der Waals surface area contributed by atoms with Gasteiger partial charge < -0.3 is 9.80 Å². The van der Waals surface area contributed by atoms with Gasteiger partial charge in [-0.05, 0) is 49.2 Å². The molecular weight excluding hydrogens is 431 g/mol. The highest BCUT2D eigenvalue weighted by molar-refractivity contribution is 5.95. The molecule has 1 aliphatic rings. The molecule has 9 heteroatoms. The number of carbonyl (C=O) groups is 1. The quantitative estimate of drug-likeness (QED) is 0.589. The lowest BCUT2D eigenvalue weighted by atomic mass is 10.1. The minimum Gasteiger partial charge on any atom is -0.370 e. The van der Waals surface area contributed by atoms with E-state index in [4.69, 9.17) is 5.26 Å². The first kappa shape index (κ1) is 22.4. The van der Waals surface area contributed by atoms with E-state index in [0.29, 0.717) is 37.2 Å². The standard InChI is InChI=1S/C24H22F3N5O/c1-17-5-2-3-6-21(17)32-22(24(25,26)27)20(16-29-32)23(33)31-12-4-11-30(13-14-31)19-9-7-18(15-28)8-10-19/h2-3,5-10,16H,4,11-14H2,1H3. The monoisotopic (exact) mass is 453 g/mol. The maximum absolute atomic E-state index is 14.0. The highest BCUT2D eigenvalue weighted by atomic mass is 19.4. The van der Waals surface area contributed by atoms with Gasteiger partial charge in [0.25, 0.3) is 5.91 Å². The van der Waals surface area contributed by atoms with Crippen LogP contribution in [0.5, 0.6) is 0 Å². The first-order valence-electron chi connectivity index (χ1n) is 10.5. The van der Waals surface area contributed by atoms with E-state index in [1.807, 2.05) is 12.1 Å². The van der Waals surface area contributed by atoms with Crippen LogP contribution in [0.3, 0.4) is 0 Å². The average Bonchev–Trinajstić information content (AvgIpc) is 3.11. The smallest absolute Gasteiger partial charge is 0.370 e. The molecule has 0 atom stereocenters. The summed E-state index contributed by atoms with van der Waals surface area (Å²) >= 11 is 0. The summed E-state index contributed by atoms with van der Waals surface area (Å²) in [5, 5.41) is 12.9. The highest BCUT2D eigenvalue weighted by Crippen LogP contribution is 2.35. The molecule has 1 saturated heterocycles. The Labute approximate surface area is 189 Å². The maximum atomic E-state index is 14.0. The van der Waals surface area contributed by atoms with Crippen LogP contribution in [0, 0.1) is 18.3 Å². The van der Waals surface area contributed by atoms with Crippen molar-refractivity contribution in [3.8, 4) is 11.8 Å². The molecule has 0 bridgehead atoms. The third-order valence-electron chi connectivity index (χ3n) is 5.76. The lowest BCUT2D eigenvalue weighted by molar-refractivity contribution is -0.143. The van der Waals surface area contributed by atoms with Gasteiger partial charge in [-0.25, -0.2) is 4.68 Å². The van der Waals surface area contributed by atoms with Crippen molar-refractivity contribution in [1.82, 2.24) is 14.7 Å². The van der Waals surface area contributed by atoms with Crippen molar-refractivity contribution in [2.24, 2.45) is 0 Å². The van der Waals surface area contributed by atoms with E-state index in [1.54, 1.807) is 43.3 Å². The molecule has 0 aliphatic carbocycles. The van der Waals surface area contributed by atoms with Crippen molar-refractivity contribution in [3.05, 3.63) is 77.1 Å². The number of carbonyl (C=O) groups excluding carboxylic acids is 1. The van der Waals surface area contributed by atoms with Gasteiger partial charge in [0.05, 0.1) is 29.1 Å². The molecule has 1 fully saturated rings. The lowest BCUT2D eigenvalue weighted by Gasteiger charge is -2.24. The second kappa shape index (κ2) is 8.98. The first-order chi connectivity index (χ1) is 15.8. The van der Waals surface area contributed by atoms with Gasteiger partial charge in [-0.15, -0.1) is 0 Å². The second-order valence-electron chi connectivity index (χ2n) is 7.89. The van der Waals surface area contributed by atoms with E-state index in [2.05, 4.69) is 16.1 Å². The van der Waals surface area contributed by atoms with Gasteiger partial charge in [-0.1, -0.05) is 18.2 Å². The van der Waals surface area contributed by atoms with Crippen molar-refractivity contribution >= 4 is 11.6 Å². The van der Waals surface area contributed by atoms with Crippen molar-refractivity contribution in [2.75, 3.05) is 31.1 Å². The van der Waals surface area contributed by atoms with Crippen molar-refractivity contribution in [1.29, 1.82) is 5.26 Å². The third-order valence-corrected chi connectivity index (χ3v) is 5.76. The molecule has 0 unspecified atom stereocenters. The Kier molecular flexibility index (Phi) is 6.09. The van der Waals surface area contributed by atoms with Gasteiger partial charge >= 0.3 is 6.18 Å². The van der Waals surface area contributed by atoms with Gasteiger partial charge in [0.15, 0.2) is 5.69 Å². The summed E-state index contributed by atoms with van der Waals surface area (Å²) in [7, 11) is 0. The SMILES string of the molecule is Cc1ccccc1-n1ncc(C(=O)N2CCCN(c3ccc(C#N)cc3)CC2)c1C(F)(F)F. The molecule has 33 heavy (non-hydrogen) atoms. The molecule has 0 N–H and O–H groups in total. The van der Waals surface area contributed by atoms with Crippen LogP contribution in [0.2, 0.25) is 0 Å². The predicted molar refractivity (Wildman–Crippen MR) is 117 cm³/mol. The Hall–Kier alpha value is -3.80. The van der Waals surface area contributed by atoms with E-state index >= 15 is 0 Å². The average molecular weight is 453 g/mol.